The highest BCUT2D eigenvalue weighted by Gasteiger charge is 2.11. The summed E-state index contributed by atoms with van der Waals surface area (Å²) in [5.74, 6) is 0.989. The van der Waals surface area contributed by atoms with Crippen LogP contribution in [0, 0.1) is 0 Å². The third-order valence-electron chi connectivity index (χ3n) is 2.24. The highest BCUT2D eigenvalue weighted by molar-refractivity contribution is 7.91. The third kappa shape index (κ3) is 2.90. The molecule has 0 radical (unpaired) electrons. The number of hydrogen-bond donors (Lipinski definition) is 0. The number of nitrogens with zero attached hydrogens (tertiary/aromatic N) is 4. The monoisotopic (exact) mass is 256 g/mol. The van der Waals surface area contributed by atoms with Gasteiger partial charge in [-0.3, -0.25) is 0 Å². The molecule has 8 heteroatoms. The molecule has 17 heavy (non-hydrogen) atoms. The van der Waals surface area contributed by atoms with E-state index in [2.05, 4.69) is 15.4 Å². The third-order valence-corrected chi connectivity index (χ3v) is 3.92. The van der Waals surface area contributed by atoms with E-state index >= 15 is 0 Å². The van der Waals surface area contributed by atoms with Crippen LogP contribution in [0.5, 0.6) is 0 Å². The molecule has 0 aliphatic carbocycles. The first-order valence-electron chi connectivity index (χ1n) is 5.13. The van der Waals surface area contributed by atoms with Crippen LogP contribution < -0.4 is 0 Å². The minimum atomic E-state index is -3.01. The van der Waals surface area contributed by atoms with Crippen molar-refractivity contribution in [3.8, 4) is 11.6 Å². The van der Waals surface area contributed by atoms with Crippen LogP contribution in [0.4, 0.5) is 0 Å². The van der Waals surface area contributed by atoms with Crippen LogP contribution in [-0.4, -0.2) is 40.1 Å². The fraction of sp³-hybridized carbons (Fsp3) is 0.444. The second kappa shape index (κ2) is 4.66. The van der Waals surface area contributed by atoms with Crippen molar-refractivity contribution in [3.05, 3.63) is 18.4 Å². The molecule has 0 fully saturated rings. The maximum Gasteiger partial charge on any atom is 0.240 e. The second-order valence-corrected chi connectivity index (χ2v) is 5.90. The normalized spacial score (nSPS) is 11.8. The summed E-state index contributed by atoms with van der Waals surface area (Å²) in [7, 11) is -3.01. The molecule has 0 saturated carbocycles. The number of rotatable bonds is 5. The van der Waals surface area contributed by atoms with Crippen LogP contribution in [0.25, 0.3) is 11.6 Å². The average molecular weight is 256 g/mol. The van der Waals surface area contributed by atoms with Gasteiger partial charge < -0.3 is 4.42 Å². The van der Waals surface area contributed by atoms with Crippen LogP contribution >= 0.6 is 0 Å². The predicted molar refractivity (Wildman–Crippen MR) is 59.8 cm³/mol. The molecule has 0 unspecified atom stereocenters. The highest BCUT2D eigenvalue weighted by Crippen LogP contribution is 2.12. The Hall–Kier alpha value is -1.70. The lowest BCUT2D eigenvalue weighted by atomic mass is 10.4. The number of furan rings is 1. The first kappa shape index (κ1) is 11.8. The van der Waals surface area contributed by atoms with E-state index in [0.717, 1.165) is 0 Å². The SMILES string of the molecule is CCS(=O)(=O)CCn1nnc(-c2ccco2)n1. The largest absolute Gasteiger partial charge is 0.461 e. The summed E-state index contributed by atoms with van der Waals surface area (Å²) in [5, 5.41) is 11.6. The zero-order valence-corrected chi connectivity index (χ0v) is 10.1. The quantitative estimate of drug-likeness (QED) is 0.767. The van der Waals surface area contributed by atoms with Gasteiger partial charge in [0.05, 0.1) is 18.6 Å². The fourth-order valence-corrected chi connectivity index (χ4v) is 1.94. The Labute approximate surface area is 98.4 Å². The molecule has 2 aromatic rings. The van der Waals surface area contributed by atoms with Crippen molar-refractivity contribution in [2.75, 3.05) is 11.5 Å². The Morgan fingerprint density at radius 3 is 2.94 bits per heavy atom. The lowest BCUT2D eigenvalue weighted by Crippen LogP contribution is -2.16. The summed E-state index contributed by atoms with van der Waals surface area (Å²) in [5.41, 5.74) is 0. The molecule has 0 spiro atoms. The summed E-state index contributed by atoms with van der Waals surface area (Å²) >= 11 is 0. The summed E-state index contributed by atoms with van der Waals surface area (Å²) in [6.07, 6.45) is 1.51. The molecule has 0 atom stereocenters. The number of aryl methyl sites for hydroxylation is 1. The van der Waals surface area contributed by atoms with Gasteiger partial charge in [0.25, 0.3) is 0 Å². The van der Waals surface area contributed by atoms with Crippen molar-refractivity contribution >= 4 is 9.84 Å². The smallest absolute Gasteiger partial charge is 0.240 e. The van der Waals surface area contributed by atoms with E-state index < -0.39 is 9.84 Å². The minimum Gasteiger partial charge on any atom is -0.461 e. The molecule has 0 bridgehead atoms. The lowest BCUT2D eigenvalue weighted by molar-refractivity contribution is 0.536. The summed E-state index contributed by atoms with van der Waals surface area (Å²) in [6.45, 7) is 1.81. The maximum atomic E-state index is 11.3. The van der Waals surface area contributed by atoms with Gasteiger partial charge in [0.2, 0.25) is 5.82 Å². The summed E-state index contributed by atoms with van der Waals surface area (Å²) in [4.78, 5) is 1.26. The van der Waals surface area contributed by atoms with Gasteiger partial charge in [-0.2, -0.15) is 4.80 Å². The van der Waals surface area contributed by atoms with E-state index in [-0.39, 0.29) is 18.1 Å². The van der Waals surface area contributed by atoms with Gasteiger partial charge in [0.15, 0.2) is 15.6 Å². The van der Waals surface area contributed by atoms with E-state index in [9.17, 15) is 8.42 Å². The number of hydrogen-bond acceptors (Lipinski definition) is 6. The van der Waals surface area contributed by atoms with Crippen LogP contribution in [0.2, 0.25) is 0 Å². The molecular formula is C9H12N4O3S. The summed E-state index contributed by atoms with van der Waals surface area (Å²) in [6, 6.07) is 3.43. The van der Waals surface area contributed by atoms with Gasteiger partial charge in [-0.1, -0.05) is 6.92 Å². The van der Waals surface area contributed by atoms with E-state index in [1.54, 1.807) is 19.1 Å². The first-order valence-corrected chi connectivity index (χ1v) is 6.95. The van der Waals surface area contributed by atoms with Crippen molar-refractivity contribution < 1.29 is 12.8 Å². The molecule has 0 aromatic carbocycles. The van der Waals surface area contributed by atoms with Crippen molar-refractivity contribution in [2.24, 2.45) is 0 Å². The first-order chi connectivity index (χ1) is 8.11. The van der Waals surface area contributed by atoms with Gasteiger partial charge in [0.1, 0.15) is 0 Å². The molecule has 2 heterocycles. The molecule has 0 amide bonds. The van der Waals surface area contributed by atoms with E-state index in [4.69, 9.17) is 4.42 Å². The van der Waals surface area contributed by atoms with Crippen molar-refractivity contribution in [3.63, 3.8) is 0 Å². The summed E-state index contributed by atoms with van der Waals surface area (Å²) < 4.78 is 27.7. The number of tetrazole rings is 1. The van der Waals surface area contributed by atoms with E-state index in [0.29, 0.717) is 11.6 Å². The number of aromatic nitrogens is 4. The van der Waals surface area contributed by atoms with Crippen molar-refractivity contribution in [1.29, 1.82) is 0 Å². The second-order valence-electron chi connectivity index (χ2n) is 3.42. The van der Waals surface area contributed by atoms with Gasteiger partial charge in [0, 0.05) is 5.75 Å². The van der Waals surface area contributed by atoms with Crippen LogP contribution in [0.1, 0.15) is 6.92 Å². The molecule has 2 rings (SSSR count). The zero-order valence-electron chi connectivity index (χ0n) is 9.28. The highest BCUT2D eigenvalue weighted by atomic mass is 32.2. The van der Waals surface area contributed by atoms with E-state index in [1.807, 2.05) is 0 Å². The Morgan fingerprint density at radius 2 is 2.29 bits per heavy atom. The molecule has 92 valence electrons. The topological polar surface area (TPSA) is 90.9 Å². The van der Waals surface area contributed by atoms with Gasteiger partial charge in [-0.15, -0.1) is 10.2 Å². The molecule has 7 nitrogen and oxygen atoms in total. The Kier molecular flexibility index (Phi) is 3.23. The van der Waals surface area contributed by atoms with Crippen LogP contribution in [-0.2, 0) is 16.4 Å². The Bertz CT molecular complexity index is 573. The van der Waals surface area contributed by atoms with Gasteiger partial charge in [-0.25, -0.2) is 8.42 Å². The predicted octanol–water partition coefficient (Wildman–Crippen LogP) is 0.368. The Morgan fingerprint density at radius 1 is 1.47 bits per heavy atom. The maximum absolute atomic E-state index is 11.3. The number of sulfone groups is 1. The molecule has 0 aliphatic rings. The van der Waals surface area contributed by atoms with Crippen LogP contribution in [0.15, 0.2) is 22.8 Å². The molecule has 0 N–H and O–H groups in total. The van der Waals surface area contributed by atoms with E-state index in [1.165, 1.54) is 11.1 Å². The van der Waals surface area contributed by atoms with Crippen molar-refractivity contribution in [2.45, 2.75) is 13.5 Å². The fourth-order valence-electron chi connectivity index (χ4n) is 1.21. The molecule has 0 aliphatic heterocycles. The van der Waals surface area contributed by atoms with Gasteiger partial charge >= 0.3 is 0 Å². The minimum absolute atomic E-state index is 0.0114. The van der Waals surface area contributed by atoms with Crippen molar-refractivity contribution in [1.82, 2.24) is 20.2 Å². The standard InChI is InChI=1S/C9H12N4O3S/c1-2-17(14,15)7-5-13-11-9(10-12-13)8-4-3-6-16-8/h3-4,6H,2,5,7H2,1H3. The zero-order chi connectivity index (χ0) is 12.3. The molecule has 0 saturated heterocycles. The van der Waals surface area contributed by atoms with Gasteiger partial charge in [-0.05, 0) is 17.3 Å². The molecular weight excluding hydrogens is 244 g/mol. The Balaban J connectivity index is 2.05. The lowest BCUT2D eigenvalue weighted by Gasteiger charge is -1.98. The van der Waals surface area contributed by atoms with Crippen LogP contribution in [0.3, 0.4) is 0 Å². The average Bonchev–Trinajstić information content (AvgIpc) is 2.97. The molecule has 2 aromatic heterocycles.